The van der Waals surface area contributed by atoms with E-state index in [0.29, 0.717) is 23.8 Å². The number of nitrogens with zero attached hydrogens (tertiary/aromatic N) is 2. The molecule has 2 heteroatoms. The smallest absolute Gasteiger partial charge is 0.0534 e. The van der Waals surface area contributed by atoms with Crippen LogP contribution in [0.3, 0.4) is 0 Å². The van der Waals surface area contributed by atoms with Crippen molar-refractivity contribution in [1.82, 2.24) is 4.57 Å². The third-order valence-electron chi connectivity index (χ3n) is 12.0. The minimum Gasteiger partial charge on any atom is -0.337 e. The number of benzene rings is 4. The van der Waals surface area contributed by atoms with Crippen molar-refractivity contribution < 1.29 is 0 Å². The van der Waals surface area contributed by atoms with Gasteiger partial charge in [0.1, 0.15) is 0 Å². The molecular weight excluding hydrogens is 605 g/mol. The maximum absolute atomic E-state index is 2.69. The topological polar surface area (TPSA) is 8.17 Å². The molecule has 0 fully saturated rings. The Bertz CT molecular complexity index is 2260. The summed E-state index contributed by atoms with van der Waals surface area (Å²) < 4.78 is 2.64. The molecule has 50 heavy (non-hydrogen) atoms. The Labute approximate surface area is 296 Å². The first-order chi connectivity index (χ1) is 24.8. The van der Waals surface area contributed by atoms with Crippen LogP contribution in [0.15, 0.2) is 140 Å². The van der Waals surface area contributed by atoms with E-state index in [9.17, 15) is 0 Å². The molecule has 4 aromatic carbocycles. The molecule has 0 bridgehead atoms. The molecule has 5 aliphatic rings. The molecule has 1 aliphatic heterocycles. The van der Waals surface area contributed by atoms with Crippen LogP contribution >= 0.6 is 0 Å². The third-order valence-corrected chi connectivity index (χ3v) is 12.0. The molecule has 0 saturated carbocycles. The van der Waals surface area contributed by atoms with E-state index in [1.807, 2.05) is 0 Å². The maximum atomic E-state index is 2.69. The highest BCUT2D eigenvalue weighted by molar-refractivity contribution is 5.96. The average Bonchev–Trinajstić information content (AvgIpc) is 3.71. The average molecular weight is 649 g/mol. The van der Waals surface area contributed by atoms with Gasteiger partial charge < -0.3 is 9.47 Å². The first-order valence-electron chi connectivity index (χ1n) is 18.9. The Balaban J connectivity index is 1.08. The Morgan fingerprint density at radius 2 is 1.60 bits per heavy atom. The molecule has 1 aromatic heterocycles. The van der Waals surface area contributed by atoms with Crippen LogP contribution in [0.4, 0.5) is 11.4 Å². The molecule has 4 atom stereocenters. The second-order valence-corrected chi connectivity index (χ2v) is 14.9. The van der Waals surface area contributed by atoms with Gasteiger partial charge in [-0.2, -0.15) is 0 Å². The van der Waals surface area contributed by atoms with E-state index in [1.54, 1.807) is 0 Å². The molecule has 2 heterocycles. The zero-order valence-electron chi connectivity index (χ0n) is 28.7. The van der Waals surface area contributed by atoms with E-state index in [2.05, 4.69) is 155 Å². The van der Waals surface area contributed by atoms with E-state index in [4.69, 9.17) is 0 Å². The van der Waals surface area contributed by atoms with Crippen LogP contribution in [-0.4, -0.2) is 10.6 Å². The van der Waals surface area contributed by atoms with Gasteiger partial charge in [-0.1, -0.05) is 115 Å². The molecule has 0 saturated heterocycles. The van der Waals surface area contributed by atoms with Gasteiger partial charge in [0.2, 0.25) is 0 Å². The predicted octanol–water partition coefficient (Wildman–Crippen LogP) is 12.7. The Hall–Kier alpha value is -5.08. The maximum Gasteiger partial charge on any atom is 0.0534 e. The summed E-state index contributed by atoms with van der Waals surface area (Å²) in [5.41, 5.74) is 15.3. The summed E-state index contributed by atoms with van der Waals surface area (Å²) in [6.45, 7) is 0. The monoisotopic (exact) mass is 648 g/mol. The summed E-state index contributed by atoms with van der Waals surface area (Å²) in [7, 11) is 0. The molecule has 0 spiro atoms. The number of allylic oxidation sites excluding steroid dienone is 8. The van der Waals surface area contributed by atoms with Crippen LogP contribution in [0.2, 0.25) is 0 Å². The van der Waals surface area contributed by atoms with Crippen molar-refractivity contribution in [2.75, 3.05) is 4.90 Å². The summed E-state index contributed by atoms with van der Waals surface area (Å²) in [6, 6.07) is 37.4. The number of rotatable bonds is 5. The summed E-state index contributed by atoms with van der Waals surface area (Å²) in [6.07, 6.45) is 28.6. The second-order valence-electron chi connectivity index (χ2n) is 14.9. The van der Waals surface area contributed by atoms with Crippen molar-refractivity contribution in [3.8, 4) is 0 Å². The minimum atomic E-state index is 0.293. The van der Waals surface area contributed by atoms with Crippen LogP contribution in [-0.2, 0) is 0 Å². The molecule has 5 aromatic rings. The van der Waals surface area contributed by atoms with E-state index in [1.165, 1.54) is 92.7 Å². The summed E-state index contributed by atoms with van der Waals surface area (Å²) in [5.74, 6) is 1.25. The van der Waals surface area contributed by atoms with E-state index >= 15 is 0 Å². The first kappa shape index (κ1) is 29.8. The lowest BCUT2D eigenvalue weighted by atomic mass is 9.82. The fourth-order valence-electron chi connectivity index (χ4n) is 9.73. The van der Waals surface area contributed by atoms with Crippen LogP contribution < -0.4 is 4.90 Å². The van der Waals surface area contributed by atoms with Crippen LogP contribution in [0.1, 0.15) is 103 Å². The zero-order valence-corrected chi connectivity index (χ0v) is 28.7. The Kier molecular flexibility index (Phi) is 7.36. The van der Waals surface area contributed by atoms with Gasteiger partial charge in [0.05, 0.1) is 5.52 Å². The molecule has 0 amide bonds. The largest absolute Gasteiger partial charge is 0.337 e. The second kappa shape index (κ2) is 12.4. The van der Waals surface area contributed by atoms with Gasteiger partial charge in [-0.05, 0) is 110 Å². The zero-order chi connectivity index (χ0) is 33.0. The number of anilines is 2. The highest BCUT2D eigenvalue weighted by atomic mass is 15.2. The molecule has 4 unspecified atom stereocenters. The number of hydrogen-bond donors (Lipinski definition) is 0. The molecule has 246 valence electrons. The van der Waals surface area contributed by atoms with Crippen molar-refractivity contribution in [1.29, 1.82) is 0 Å². The lowest BCUT2D eigenvalue weighted by molar-refractivity contribution is 0.564. The number of fused-ring (bicyclic) bond motifs is 6. The van der Waals surface area contributed by atoms with E-state index in [-0.39, 0.29) is 0 Å². The van der Waals surface area contributed by atoms with Gasteiger partial charge in [-0.25, -0.2) is 0 Å². The van der Waals surface area contributed by atoms with Crippen molar-refractivity contribution in [3.05, 3.63) is 173 Å². The minimum absolute atomic E-state index is 0.293. The summed E-state index contributed by atoms with van der Waals surface area (Å²) in [5, 5.41) is 1.36. The quantitative estimate of drug-likeness (QED) is 0.172. The van der Waals surface area contributed by atoms with Gasteiger partial charge >= 0.3 is 0 Å². The first-order valence-corrected chi connectivity index (χ1v) is 18.9. The number of para-hydroxylation sites is 1. The highest BCUT2D eigenvalue weighted by Crippen LogP contribution is 2.52. The van der Waals surface area contributed by atoms with Gasteiger partial charge in [-0.15, -0.1) is 0 Å². The molecule has 10 rings (SSSR count). The Morgan fingerprint density at radius 1 is 0.700 bits per heavy atom. The normalized spacial score (nSPS) is 23.7. The third kappa shape index (κ3) is 4.91. The molecule has 4 aliphatic carbocycles. The lowest BCUT2D eigenvalue weighted by Crippen LogP contribution is -2.30. The van der Waals surface area contributed by atoms with Crippen molar-refractivity contribution in [2.24, 2.45) is 0 Å². The van der Waals surface area contributed by atoms with Gasteiger partial charge in [-0.3, -0.25) is 0 Å². The summed E-state index contributed by atoms with van der Waals surface area (Å²) in [4.78, 5) is 2.69. The van der Waals surface area contributed by atoms with Crippen molar-refractivity contribution in [3.63, 3.8) is 0 Å². The highest BCUT2D eigenvalue weighted by Gasteiger charge is 2.40. The van der Waals surface area contributed by atoms with Crippen LogP contribution in [0.25, 0.3) is 28.2 Å². The standard InChI is InChI=1S/C48H44N2/c1-3-14-33(15-4-1)35-18-11-20-38(30-35)49-45-26-9-8-23-42(45)44-32-37(28-29-47(44)49)40-24-13-25-43-41-22-7-10-27-46(41)50(48(40)43)39-21-12-19-36(31-39)34-16-5-2-6-17-34/h2-3,5-8,10-11,13-14,16-20,22-23,25,27-33,40,42,45H,1,4,9,12,15,21,24,26H2. The van der Waals surface area contributed by atoms with E-state index in [0.717, 1.165) is 25.7 Å². The van der Waals surface area contributed by atoms with Crippen LogP contribution in [0.5, 0.6) is 0 Å². The fourth-order valence-corrected chi connectivity index (χ4v) is 9.73. The fraction of sp³-hybridized carbons (Fsp3) is 0.250. The van der Waals surface area contributed by atoms with Crippen molar-refractivity contribution >= 4 is 39.6 Å². The van der Waals surface area contributed by atoms with Gasteiger partial charge in [0, 0.05) is 57.5 Å². The Morgan fingerprint density at radius 3 is 2.52 bits per heavy atom. The van der Waals surface area contributed by atoms with Crippen LogP contribution in [0, 0.1) is 0 Å². The molecule has 0 N–H and O–H groups in total. The van der Waals surface area contributed by atoms with E-state index < -0.39 is 0 Å². The number of aromatic nitrogens is 1. The molecular formula is C48H44N2. The van der Waals surface area contributed by atoms with Gasteiger partial charge in [0.25, 0.3) is 0 Å². The number of hydrogen-bond acceptors (Lipinski definition) is 1. The molecule has 2 nitrogen and oxygen atoms in total. The van der Waals surface area contributed by atoms with Gasteiger partial charge in [0.15, 0.2) is 0 Å². The molecule has 0 radical (unpaired) electrons. The predicted molar refractivity (Wildman–Crippen MR) is 211 cm³/mol. The van der Waals surface area contributed by atoms with Crippen molar-refractivity contribution in [2.45, 2.75) is 75.2 Å². The lowest BCUT2D eigenvalue weighted by Gasteiger charge is -2.32. The summed E-state index contributed by atoms with van der Waals surface area (Å²) >= 11 is 0. The SMILES string of the molecule is C1=CC(c2cccc(N3c4ccc(C5CC=Cc6c5n(C5=CC(c7ccccc7)=CCC5)c5ccccc65)cc4C4C=CCCC43)c2)CCC1.